The second-order valence-corrected chi connectivity index (χ2v) is 0.894. The van der Waals surface area contributed by atoms with Crippen molar-refractivity contribution in [3.8, 4) is 0 Å². The van der Waals surface area contributed by atoms with E-state index in [1.807, 2.05) is 0 Å². The quantitative estimate of drug-likeness (QED) is 0.336. The van der Waals surface area contributed by atoms with E-state index in [0.29, 0.717) is 5.75 Å². The molecular formula is C2H8CaOS. The first-order valence-corrected chi connectivity index (χ1v) is 1.76. The van der Waals surface area contributed by atoms with Gasteiger partial charge < -0.3 is 5.11 Å². The Morgan fingerprint density at radius 2 is 1.80 bits per heavy atom. The summed E-state index contributed by atoms with van der Waals surface area (Å²) in [6.07, 6.45) is 0. The van der Waals surface area contributed by atoms with Crippen LogP contribution in [0.1, 0.15) is 0 Å². The molecule has 0 bridgehead atoms. The van der Waals surface area contributed by atoms with Crippen LogP contribution in [0, 0.1) is 0 Å². The van der Waals surface area contributed by atoms with E-state index in [1.54, 1.807) is 0 Å². The molecule has 30 valence electrons. The molecule has 0 aliphatic heterocycles. The molecule has 0 radical (unpaired) electrons. The van der Waals surface area contributed by atoms with Gasteiger partial charge in [0, 0.05) is 5.75 Å². The molecule has 0 amide bonds. The minimum absolute atomic E-state index is 0. The molecule has 0 aromatic rings. The monoisotopic (exact) mass is 120 g/mol. The van der Waals surface area contributed by atoms with Crippen molar-refractivity contribution in [1.82, 2.24) is 0 Å². The fraction of sp³-hybridized carbons (Fsp3) is 1.00. The van der Waals surface area contributed by atoms with E-state index in [9.17, 15) is 0 Å². The molecule has 3 heteroatoms. The molecule has 5 heavy (non-hydrogen) atoms. The van der Waals surface area contributed by atoms with Crippen LogP contribution in [0.2, 0.25) is 0 Å². The van der Waals surface area contributed by atoms with Crippen LogP contribution >= 0.6 is 12.6 Å². The van der Waals surface area contributed by atoms with Crippen LogP contribution < -0.4 is 0 Å². The van der Waals surface area contributed by atoms with E-state index in [2.05, 4.69) is 12.6 Å². The predicted octanol–water partition coefficient (Wildman–Crippen LogP) is -1.01. The van der Waals surface area contributed by atoms with Gasteiger partial charge in [-0.05, 0) is 0 Å². The molecule has 0 aliphatic carbocycles. The number of aliphatic hydroxyl groups excluding tert-OH is 1. The summed E-state index contributed by atoms with van der Waals surface area (Å²) >= 11 is 3.67. The molecule has 0 atom stereocenters. The topological polar surface area (TPSA) is 20.2 Å². The second-order valence-electron chi connectivity index (χ2n) is 0.447. The second kappa shape index (κ2) is 9.13. The predicted molar refractivity (Wildman–Crippen MR) is 29.5 cm³/mol. The average Bonchev–Trinajstić information content (AvgIpc) is 1.37. The van der Waals surface area contributed by atoms with Gasteiger partial charge in [0.2, 0.25) is 0 Å². The zero-order valence-corrected chi connectivity index (χ0v) is 3.20. The first-order valence-electron chi connectivity index (χ1n) is 1.13. The van der Waals surface area contributed by atoms with Gasteiger partial charge in [-0.3, -0.25) is 0 Å². The van der Waals surface area contributed by atoms with Gasteiger partial charge in [-0.25, -0.2) is 0 Å². The summed E-state index contributed by atoms with van der Waals surface area (Å²) in [5.74, 6) is 0.569. The molecule has 0 spiro atoms. The molecule has 0 aromatic carbocycles. The molecule has 0 aromatic heterocycles. The van der Waals surface area contributed by atoms with Crippen LogP contribution in [0.25, 0.3) is 0 Å². The standard InChI is InChI=1S/C2H6OS.Ca.2H/c3-1-2-4;;;/h3-4H,1-2H2;;;. The third-order valence-corrected chi connectivity index (χ3v) is 0.300. The van der Waals surface area contributed by atoms with Crippen molar-refractivity contribution >= 4 is 50.4 Å². The molecule has 1 nitrogen and oxygen atoms in total. The van der Waals surface area contributed by atoms with Crippen LogP contribution in [-0.2, 0) is 0 Å². The number of thiol groups is 1. The van der Waals surface area contributed by atoms with Crippen molar-refractivity contribution in [2.45, 2.75) is 0 Å². The third kappa shape index (κ3) is 10.7. The Labute approximate surface area is 67.2 Å². The van der Waals surface area contributed by atoms with E-state index in [-0.39, 0.29) is 44.3 Å². The van der Waals surface area contributed by atoms with E-state index >= 15 is 0 Å². The summed E-state index contributed by atoms with van der Waals surface area (Å²) in [5.41, 5.74) is 0. The number of aliphatic hydroxyl groups is 1. The van der Waals surface area contributed by atoms with Gasteiger partial charge in [-0.15, -0.1) is 0 Å². The fourth-order valence-corrected chi connectivity index (χ4v) is 0. The molecule has 0 rings (SSSR count). The van der Waals surface area contributed by atoms with Gasteiger partial charge in [-0.2, -0.15) is 12.6 Å². The Balaban J connectivity index is 0. The van der Waals surface area contributed by atoms with Crippen molar-refractivity contribution in [1.29, 1.82) is 0 Å². The molecule has 0 saturated heterocycles. The van der Waals surface area contributed by atoms with Gasteiger partial charge in [0.05, 0.1) is 6.61 Å². The SMILES string of the molecule is OCCS.[CaH2]. The minimum atomic E-state index is 0. The first kappa shape index (κ1) is 9.76. The van der Waals surface area contributed by atoms with E-state index in [0.717, 1.165) is 0 Å². The summed E-state index contributed by atoms with van der Waals surface area (Å²) in [6.45, 7) is 0.184. The Bertz CT molecular complexity index is 11.6. The first-order chi connectivity index (χ1) is 1.91. The van der Waals surface area contributed by atoms with Gasteiger partial charge in [0.25, 0.3) is 0 Å². The third-order valence-electron chi connectivity index (χ3n) is 0.1000. The Morgan fingerprint density at radius 3 is 1.80 bits per heavy atom. The summed E-state index contributed by atoms with van der Waals surface area (Å²) in [5, 5.41) is 7.80. The normalized spacial score (nSPS) is 6.00. The summed E-state index contributed by atoms with van der Waals surface area (Å²) in [6, 6.07) is 0. The molecule has 0 saturated carbocycles. The zero-order chi connectivity index (χ0) is 3.41. The fourth-order valence-electron chi connectivity index (χ4n) is 0. The van der Waals surface area contributed by atoms with E-state index in [1.165, 1.54) is 0 Å². The van der Waals surface area contributed by atoms with Crippen LogP contribution in [0.15, 0.2) is 0 Å². The number of hydrogen-bond acceptors (Lipinski definition) is 2. The summed E-state index contributed by atoms with van der Waals surface area (Å²) in [7, 11) is 0. The van der Waals surface area contributed by atoms with Gasteiger partial charge in [0.1, 0.15) is 0 Å². The number of hydrogen-bond donors (Lipinski definition) is 2. The van der Waals surface area contributed by atoms with Crippen LogP contribution in [-0.4, -0.2) is 55.2 Å². The van der Waals surface area contributed by atoms with E-state index in [4.69, 9.17) is 5.11 Å². The molecule has 0 heterocycles. The van der Waals surface area contributed by atoms with Crippen molar-refractivity contribution in [2.75, 3.05) is 12.4 Å². The maximum atomic E-state index is 7.80. The van der Waals surface area contributed by atoms with Gasteiger partial charge in [0.15, 0.2) is 0 Å². The maximum absolute atomic E-state index is 7.80. The average molecular weight is 120 g/mol. The zero-order valence-electron chi connectivity index (χ0n) is 2.31. The van der Waals surface area contributed by atoms with Crippen molar-refractivity contribution in [2.24, 2.45) is 0 Å². The van der Waals surface area contributed by atoms with Crippen molar-refractivity contribution < 1.29 is 5.11 Å². The van der Waals surface area contributed by atoms with Crippen molar-refractivity contribution in [3.63, 3.8) is 0 Å². The van der Waals surface area contributed by atoms with Crippen LogP contribution in [0.3, 0.4) is 0 Å². The van der Waals surface area contributed by atoms with Gasteiger partial charge >= 0.3 is 37.7 Å². The molecule has 0 unspecified atom stereocenters. The Morgan fingerprint density at radius 1 is 1.60 bits per heavy atom. The molecular weight excluding hydrogens is 112 g/mol. The molecule has 1 N–H and O–H groups in total. The number of rotatable bonds is 1. The summed E-state index contributed by atoms with van der Waals surface area (Å²) < 4.78 is 0. The molecule has 0 fully saturated rings. The van der Waals surface area contributed by atoms with Crippen LogP contribution in [0.5, 0.6) is 0 Å². The van der Waals surface area contributed by atoms with Gasteiger partial charge in [-0.1, -0.05) is 0 Å². The summed E-state index contributed by atoms with van der Waals surface area (Å²) in [4.78, 5) is 0. The molecule has 0 aliphatic rings. The Hall–Kier alpha value is 1.57. The van der Waals surface area contributed by atoms with E-state index < -0.39 is 0 Å². The van der Waals surface area contributed by atoms with Crippen molar-refractivity contribution in [3.05, 3.63) is 0 Å². The van der Waals surface area contributed by atoms with Crippen LogP contribution in [0.4, 0.5) is 0 Å². The Kier molecular flexibility index (Phi) is 17.8.